The van der Waals surface area contributed by atoms with Crippen LogP contribution in [0.15, 0.2) is 4.99 Å². The lowest BCUT2D eigenvalue weighted by molar-refractivity contribution is -0.119. The number of carbonyl (C=O) groups excluding carboxylic acids is 1. The molecule has 6 heteroatoms. The van der Waals surface area contributed by atoms with Crippen LogP contribution >= 0.6 is 11.8 Å². The van der Waals surface area contributed by atoms with Gasteiger partial charge in [-0.05, 0) is 39.4 Å². The van der Waals surface area contributed by atoms with Crippen molar-refractivity contribution < 1.29 is 4.79 Å². The van der Waals surface area contributed by atoms with Crippen LogP contribution in [0.3, 0.4) is 0 Å². The summed E-state index contributed by atoms with van der Waals surface area (Å²) in [5.74, 6) is 0.716. The third-order valence-corrected chi connectivity index (χ3v) is 4.25. The van der Waals surface area contributed by atoms with Gasteiger partial charge in [0.25, 0.3) is 0 Å². The molecule has 19 heavy (non-hydrogen) atoms. The fourth-order valence-electron chi connectivity index (χ4n) is 2.20. The van der Waals surface area contributed by atoms with Gasteiger partial charge in [-0.25, -0.2) is 4.99 Å². The fourth-order valence-corrected chi connectivity index (χ4v) is 3.00. The third-order valence-electron chi connectivity index (χ3n) is 3.16. The van der Waals surface area contributed by atoms with E-state index >= 15 is 0 Å². The van der Waals surface area contributed by atoms with Crippen molar-refractivity contribution in [3.05, 3.63) is 0 Å². The van der Waals surface area contributed by atoms with E-state index in [9.17, 15) is 4.79 Å². The van der Waals surface area contributed by atoms with Crippen molar-refractivity contribution in [2.24, 2.45) is 4.99 Å². The SMILES string of the molecule is CCNC(=O)CN=C(NCC)NC1CCC(SC)C1. The second-order valence-electron chi connectivity index (χ2n) is 4.66. The molecule has 0 bridgehead atoms. The van der Waals surface area contributed by atoms with Crippen LogP contribution in [-0.4, -0.2) is 49.0 Å². The van der Waals surface area contributed by atoms with Crippen LogP contribution in [0, 0.1) is 0 Å². The van der Waals surface area contributed by atoms with Crippen molar-refractivity contribution in [2.45, 2.75) is 44.4 Å². The predicted molar refractivity (Wildman–Crippen MR) is 82.7 cm³/mol. The zero-order valence-corrected chi connectivity index (χ0v) is 13.0. The molecule has 1 aliphatic rings. The summed E-state index contributed by atoms with van der Waals surface area (Å²) in [5, 5.41) is 10.1. The molecule has 0 aromatic heterocycles. The topological polar surface area (TPSA) is 65.5 Å². The molecule has 2 unspecified atom stereocenters. The minimum atomic E-state index is -0.0342. The molecule has 110 valence electrons. The maximum atomic E-state index is 11.4. The molecule has 1 fully saturated rings. The first-order valence-corrected chi connectivity index (χ1v) is 8.32. The molecule has 1 aliphatic carbocycles. The molecule has 2 atom stereocenters. The van der Waals surface area contributed by atoms with E-state index in [1.807, 2.05) is 25.6 Å². The lowest BCUT2D eigenvalue weighted by Gasteiger charge is -2.17. The number of likely N-dealkylation sites (N-methyl/N-ethyl adjacent to an activating group) is 1. The van der Waals surface area contributed by atoms with E-state index in [1.54, 1.807) is 0 Å². The lowest BCUT2D eigenvalue weighted by Crippen LogP contribution is -2.43. The number of guanidine groups is 1. The zero-order chi connectivity index (χ0) is 14.1. The van der Waals surface area contributed by atoms with Crippen molar-refractivity contribution >= 4 is 23.6 Å². The van der Waals surface area contributed by atoms with Gasteiger partial charge >= 0.3 is 0 Å². The Balaban J connectivity index is 2.43. The molecule has 0 aromatic rings. The molecule has 0 spiro atoms. The molecule has 0 saturated heterocycles. The fraction of sp³-hybridized carbons (Fsp3) is 0.846. The number of carbonyl (C=O) groups is 1. The van der Waals surface area contributed by atoms with E-state index in [0.717, 1.165) is 17.8 Å². The molecule has 0 radical (unpaired) electrons. The van der Waals surface area contributed by atoms with E-state index in [1.165, 1.54) is 19.3 Å². The van der Waals surface area contributed by atoms with Gasteiger partial charge in [-0.3, -0.25) is 4.79 Å². The monoisotopic (exact) mass is 286 g/mol. The van der Waals surface area contributed by atoms with Gasteiger partial charge in [-0.1, -0.05) is 0 Å². The van der Waals surface area contributed by atoms with Crippen LogP contribution in [-0.2, 0) is 4.79 Å². The largest absolute Gasteiger partial charge is 0.357 e. The molecule has 1 saturated carbocycles. The van der Waals surface area contributed by atoms with Crippen LogP contribution in [0.1, 0.15) is 33.1 Å². The van der Waals surface area contributed by atoms with Gasteiger partial charge < -0.3 is 16.0 Å². The van der Waals surface area contributed by atoms with Crippen molar-refractivity contribution in [2.75, 3.05) is 25.9 Å². The van der Waals surface area contributed by atoms with Gasteiger partial charge in [0.15, 0.2) is 5.96 Å². The minimum absolute atomic E-state index is 0.0342. The molecule has 1 rings (SSSR count). The first kappa shape index (κ1) is 16.1. The van der Waals surface area contributed by atoms with Crippen molar-refractivity contribution in [3.8, 4) is 0 Å². The van der Waals surface area contributed by atoms with Gasteiger partial charge in [0.05, 0.1) is 0 Å². The number of hydrogen-bond acceptors (Lipinski definition) is 3. The Kier molecular flexibility index (Phi) is 7.70. The Morgan fingerprint density at radius 1 is 1.26 bits per heavy atom. The van der Waals surface area contributed by atoms with Gasteiger partial charge in [0.1, 0.15) is 6.54 Å². The summed E-state index contributed by atoms with van der Waals surface area (Å²) in [7, 11) is 0. The van der Waals surface area contributed by atoms with Gasteiger partial charge in [0.2, 0.25) is 5.91 Å². The van der Waals surface area contributed by atoms with E-state index < -0.39 is 0 Å². The maximum Gasteiger partial charge on any atom is 0.241 e. The Morgan fingerprint density at radius 3 is 2.58 bits per heavy atom. The van der Waals surface area contributed by atoms with E-state index in [2.05, 4.69) is 27.2 Å². The molecule has 1 amide bonds. The van der Waals surface area contributed by atoms with Gasteiger partial charge in [-0.2, -0.15) is 11.8 Å². The predicted octanol–water partition coefficient (Wildman–Crippen LogP) is 0.962. The van der Waals surface area contributed by atoms with Crippen LogP contribution in [0.25, 0.3) is 0 Å². The molecule has 3 N–H and O–H groups in total. The van der Waals surface area contributed by atoms with Crippen LogP contribution < -0.4 is 16.0 Å². The summed E-state index contributed by atoms with van der Waals surface area (Å²) < 4.78 is 0. The van der Waals surface area contributed by atoms with Crippen molar-refractivity contribution in [1.29, 1.82) is 0 Å². The number of thioether (sulfide) groups is 1. The first-order valence-electron chi connectivity index (χ1n) is 7.03. The smallest absolute Gasteiger partial charge is 0.241 e. The van der Waals surface area contributed by atoms with E-state index in [-0.39, 0.29) is 12.5 Å². The normalized spacial score (nSPS) is 23.2. The number of rotatable bonds is 6. The molecule has 5 nitrogen and oxygen atoms in total. The Bertz CT molecular complexity index is 309. The lowest BCUT2D eigenvalue weighted by atomic mass is 10.2. The van der Waals surface area contributed by atoms with Crippen LogP contribution in [0.2, 0.25) is 0 Å². The highest BCUT2D eigenvalue weighted by atomic mass is 32.2. The minimum Gasteiger partial charge on any atom is -0.357 e. The number of aliphatic imine (C=N–C) groups is 1. The van der Waals surface area contributed by atoms with Gasteiger partial charge in [-0.15, -0.1) is 0 Å². The molecule has 0 heterocycles. The molecule has 0 aromatic carbocycles. The summed E-state index contributed by atoms with van der Waals surface area (Å²) in [4.78, 5) is 15.7. The molecule has 0 aliphatic heterocycles. The molecular formula is C13H26N4OS. The summed E-state index contributed by atoms with van der Waals surface area (Å²) in [6, 6.07) is 0.476. The second-order valence-corrected chi connectivity index (χ2v) is 5.80. The Morgan fingerprint density at radius 2 is 2.00 bits per heavy atom. The molecular weight excluding hydrogens is 260 g/mol. The van der Waals surface area contributed by atoms with Crippen molar-refractivity contribution in [3.63, 3.8) is 0 Å². The Hall–Kier alpha value is -0.910. The highest BCUT2D eigenvalue weighted by Crippen LogP contribution is 2.27. The summed E-state index contributed by atoms with van der Waals surface area (Å²) in [6.07, 6.45) is 5.78. The third kappa shape index (κ3) is 6.18. The van der Waals surface area contributed by atoms with E-state index in [0.29, 0.717) is 12.6 Å². The number of amides is 1. The van der Waals surface area contributed by atoms with E-state index in [4.69, 9.17) is 0 Å². The number of hydrogen-bond donors (Lipinski definition) is 3. The Labute approximate surface area is 120 Å². The highest BCUT2D eigenvalue weighted by Gasteiger charge is 2.24. The average molecular weight is 286 g/mol. The van der Waals surface area contributed by atoms with Crippen molar-refractivity contribution in [1.82, 2.24) is 16.0 Å². The first-order chi connectivity index (χ1) is 9.19. The average Bonchev–Trinajstić information content (AvgIpc) is 2.84. The number of nitrogens with one attached hydrogen (secondary N) is 3. The van der Waals surface area contributed by atoms with Gasteiger partial charge in [0, 0.05) is 24.4 Å². The standard InChI is InChI=1S/C13H26N4OS/c1-4-14-12(18)9-16-13(15-5-2)17-10-6-7-11(8-10)19-3/h10-11H,4-9H2,1-3H3,(H,14,18)(H2,15,16,17). The summed E-state index contributed by atoms with van der Waals surface area (Å²) in [6.45, 7) is 5.58. The summed E-state index contributed by atoms with van der Waals surface area (Å²) in [5.41, 5.74) is 0. The maximum absolute atomic E-state index is 11.4. The van der Waals surface area contributed by atoms with Crippen LogP contribution in [0.4, 0.5) is 0 Å². The van der Waals surface area contributed by atoms with Crippen LogP contribution in [0.5, 0.6) is 0 Å². The zero-order valence-electron chi connectivity index (χ0n) is 12.2. The quantitative estimate of drug-likeness (QED) is 0.503. The highest BCUT2D eigenvalue weighted by molar-refractivity contribution is 7.99. The number of nitrogens with zero attached hydrogens (tertiary/aromatic N) is 1. The second kappa shape index (κ2) is 9.07. The summed E-state index contributed by atoms with van der Waals surface area (Å²) >= 11 is 1.94.